The Kier molecular flexibility index (Phi) is 5.25. The maximum atomic E-state index is 11.4. The van der Waals surface area contributed by atoms with E-state index in [9.17, 15) is 4.79 Å². The molecule has 1 amide bonds. The number of nitrogens with zero attached hydrogens (tertiary/aromatic N) is 1. The van der Waals surface area contributed by atoms with Gasteiger partial charge in [0.2, 0.25) is 5.91 Å². The first kappa shape index (κ1) is 13.3. The highest BCUT2D eigenvalue weighted by Gasteiger charge is 2.05. The lowest BCUT2D eigenvalue weighted by Crippen LogP contribution is -2.34. The van der Waals surface area contributed by atoms with E-state index in [0.717, 1.165) is 6.54 Å². The SMILES string of the molecule is C#CCNC(=O)CN(C)Cc1ccc(C)cc1. The van der Waals surface area contributed by atoms with Crippen LogP contribution in [0.15, 0.2) is 24.3 Å². The smallest absolute Gasteiger partial charge is 0.234 e. The Morgan fingerprint density at radius 1 is 1.41 bits per heavy atom. The van der Waals surface area contributed by atoms with Gasteiger partial charge in [0.05, 0.1) is 13.1 Å². The van der Waals surface area contributed by atoms with Gasteiger partial charge in [-0.05, 0) is 19.5 Å². The number of amides is 1. The number of likely N-dealkylation sites (N-methyl/N-ethyl adjacent to an activating group) is 1. The average Bonchev–Trinajstić information content (AvgIpc) is 2.29. The average molecular weight is 230 g/mol. The van der Waals surface area contributed by atoms with E-state index >= 15 is 0 Å². The normalized spacial score (nSPS) is 10.0. The molecule has 0 bridgehead atoms. The number of carbonyl (C=O) groups excluding carboxylic acids is 1. The zero-order chi connectivity index (χ0) is 12.7. The van der Waals surface area contributed by atoms with Gasteiger partial charge < -0.3 is 5.32 Å². The first-order chi connectivity index (χ1) is 8.11. The lowest BCUT2D eigenvalue weighted by atomic mass is 10.1. The highest BCUT2D eigenvalue weighted by atomic mass is 16.1. The second kappa shape index (κ2) is 6.72. The van der Waals surface area contributed by atoms with Crippen LogP contribution >= 0.6 is 0 Å². The van der Waals surface area contributed by atoms with Gasteiger partial charge in [-0.1, -0.05) is 35.7 Å². The van der Waals surface area contributed by atoms with Crippen molar-refractivity contribution in [1.29, 1.82) is 0 Å². The quantitative estimate of drug-likeness (QED) is 0.770. The van der Waals surface area contributed by atoms with Crippen LogP contribution in [-0.2, 0) is 11.3 Å². The van der Waals surface area contributed by atoms with Gasteiger partial charge in [-0.15, -0.1) is 6.42 Å². The number of aryl methyl sites for hydroxylation is 1. The Morgan fingerprint density at radius 2 is 2.06 bits per heavy atom. The predicted molar refractivity (Wildman–Crippen MR) is 69.4 cm³/mol. The van der Waals surface area contributed by atoms with Gasteiger partial charge in [0.25, 0.3) is 0 Å². The van der Waals surface area contributed by atoms with Gasteiger partial charge >= 0.3 is 0 Å². The summed E-state index contributed by atoms with van der Waals surface area (Å²) < 4.78 is 0. The Hall–Kier alpha value is -1.79. The molecule has 1 aromatic rings. The second-order valence-corrected chi connectivity index (χ2v) is 4.14. The minimum atomic E-state index is -0.0439. The molecule has 0 saturated heterocycles. The molecule has 17 heavy (non-hydrogen) atoms. The Bertz CT molecular complexity index is 403. The summed E-state index contributed by atoms with van der Waals surface area (Å²) in [4.78, 5) is 13.4. The van der Waals surface area contributed by atoms with E-state index in [1.165, 1.54) is 11.1 Å². The van der Waals surface area contributed by atoms with E-state index in [4.69, 9.17) is 6.42 Å². The van der Waals surface area contributed by atoms with Crippen molar-refractivity contribution in [3.05, 3.63) is 35.4 Å². The predicted octanol–water partition coefficient (Wildman–Crippen LogP) is 1.18. The van der Waals surface area contributed by atoms with E-state index in [0.29, 0.717) is 6.54 Å². The minimum absolute atomic E-state index is 0.0439. The van der Waals surface area contributed by atoms with Gasteiger partial charge in [-0.2, -0.15) is 0 Å². The summed E-state index contributed by atoms with van der Waals surface area (Å²) in [6.07, 6.45) is 5.07. The van der Waals surface area contributed by atoms with Crippen LogP contribution in [-0.4, -0.2) is 30.9 Å². The first-order valence-corrected chi connectivity index (χ1v) is 5.56. The van der Waals surface area contributed by atoms with Crippen molar-refractivity contribution in [3.63, 3.8) is 0 Å². The molecule has 0 atom stereocenters. The second-order valence-electron chi connectivity index (χ2n) is 4.14. The first-order valence-electron chi connectivity index (χ1n) is 5.56. The van der Waals surface area contributed by atoms with E-state index < -0.39 is 0 Å². The number of rotatable bonds is 5. The molecule has 1 N–H and O–H groups in total. The van der Waals surface area contributed by atoms with Crippen LogP contribution in [0.1, 0.15) is 11.1 Å². The highest BCUT2D eigenvalue weighted by molar-refractivity contribution is 5.78. The fourth-order valence-corrected chi connectivity index (χ4v) is 1.51. The van der Waals surface area contributed by atoms with Crippen molar-refractivity contribution in [1.82, 2.24) is 10.2 Å². The number of benzene rings is 1. The number of carbonyl (C=O) groups is 1. The van der Waals surface area contributed by atoms with Crippen molar-refractivity contribution in [2.24, 2.45) is 0 Å². The summed E-state index contributed by atoms with van der Waals surface area (Å²) in [5, 5.41) is 2.64. The molecule has 0 spiro atoms. The minimum Gasteiger partial charge on any atom is -0.344 e. The molecule has 0 heterocycles. The van der Waals surface area contributed by atoms with E-state index in [1.807, 2.05) is 11.9 Å². The third kappa shape index (κ3) is 5.19. The molecule has 0 fully saturated rings. The molecule has 90 valence electrons. The van der Waals surface area contributed by atoms with E-state index in [1.54, 1.807) is 0 Å². The fraction of sp³-hybridized carbons (Fsp3) is 0.357. The molecule has 0 aliphatic rings. The monoisotopic (exact) mass is 230 g/mol. The van der Waals surface area contributed by atoms with Crippen LogP contribution in [0.5, 0.6) is 0 Å². The van der Waals surface area contributed by atoms with E-state index in [2.05, 4.69) is 42.4 Å². The van der Waals surface area contributed by atoms with Gasteiger partial charge in [0.15, 0.2) is 0 Å². The molecule has 0 aromatic heterocycles. The van der Waals surface area contributed by atoms with Crippen LogP contribution in [0.25, 0.3) is 0 Å². The van der Waals surface area contributed by atoms with Crippen LogP contribution in [0.3, 0.4) is 0 Å². The Morgan fingerprint density at radius 3 is 2.65 bits per heavy atom. The Balaban J connectivity index is 2.39. The molecule has 1 aromatic carbocycles. The maximum Gasteiger partial charge on any atom is 0.234 e. The van der Waals surface area contributed by atoms with Crippen LogP contribution in [0.4, 0.5) is 0 Å². The fourth-order valence-electron chi connectivity index (χ4n) is 1.51. The van der Waals surface area contributed by atoms with Crippen molar-refractivity contribution in [2.75, 3.05) is 20.1 Å². The number of hydrogen-bond acceptors (Lipinski definition) is 2. The third-order valence-corrected chi connectivity index (χ3v) is 2.37. The molecular formula is C14H18N2O. The van der Waals surface area contributed by atoms with Crippen molar-refractivity contribution < 1.29 is 4.79 Å². The number of nitrogens with one attached hydrogen (secondary N) is 1. The van der Waals surface area contributed by atoms with Crippen molar-refractivity contribution >= 4 is 5.91 Å². The summed E-state index contributed by atoms with van der Waals surface area (Å²) in [6.45, 7) is 3.46. The van der Waals surface area contributed by atoms with Crippen LogP contribution < -0.4 is 5.32 Å². The van der Waals surface area contributed by atoms with Gasteiger partial charge in [0, 0.05) is 6.54 Å². The summed E-state index contributed by atoms with van der Waals surface area (Å²) in [5.41, 5.74) is 2.44. The van der Waals surface area contributed by atoms with Gasteiger partial charge in [-0.3, -0.25) is 9.69 Å². The standard InChI is InChI=1S/C14H18N2O/c1-4-9-15-14(17)11-16(3)10-13-7-5-12(2)6-8-13/h1,5-8H,9-11H2,2-3H3,(H,15,17). The largest absolute Gasteiger partial charge is 0.344 e. The number of terminal acetylenes is 1. The van der Waals surface area contributed by atoms with E-state index in [-0.39, 0.29) is 12.5 Å². The molecule has 3 nitrogen and oxygen atoms in total. The highest BCUT2D eigenvalue weighted by Crippen LogP contribution is 2.05. The topological polar surface area (TPSA) is 32.3 Å². The maximum absolute atomic E-state index is 11.4. The third-order valence-electron chi connectivity index (χ3n) is 2.37. The molecule has 0 saturated carbocycles. The van der Waals surface area contributed by atoms with Gasteiger partial charge in [-0.25, -0.2) is 0 Å². The lowest BCUT2D eigenvalue weighted by molar-refractivity contribution is -0.121. The summed E-state index contributed by atoms with van der Waals surface area (Å²) in [7, 11) is 1.91. The summed E-state index contributed by atoms with van der Waals surface area (Å²) >= 11 is 0. The Labute approximate surface area is 103 Å². The van der Waals surface area contributed by atoms with Crippen LogP contribution in [0.2, 0.25) is 0 Å². The summed E-state index contributed by atoms with van der Waals surface area (Å²) in [5.74, 6) is 2.33. The summed E-state index contributed by atoms with van der Waals surface area (Å²) in [6, 6.07) is 8.29. The molecule has 0 aliphatic heterocycles. The van der Waals surface area contributed by atoms with Crippen molar-refractivity contribution in [2.45, 2.75) is 13.5 Å². The number of hydrogen-bond donors (Lipinski definition) is 1. The lowest BCUT2D eigenvalue weighted by Gasteiger charge is -2.15. The van der Waals surface area contributed by atoms with Crippen LogP contribution in [0, 0.1) is 19.3 Å². The zero-order valence-electron chi connectivity index (χ0n) is 10.4. The zero-order valence-corrected chi connectivity index (χ0v) is 10.4. The molecule has 0 aliphatic carbocycles. The molecule has 3 heteroatoms. The van der Waals surface area contributed by atoms with Crippen molar-refractivity contribution in [3.8, 4) is 12.3 Å². The molecule has 0 radical (unpaired) electrons. The molecule has 0 unspecified atom stereocenters. The van der Waals surface area contributed by atoms with Gasteiger partial charge in [0.1, 0.15) is 0 Å². The molecule has 1 rings (SSSR count). The molecular weight excluding hydrogens is 212 g/mol.